The minimum Gasteiger partial charge on any atom is -0.368 e. The fourth-order valence-corrected chi connectivity index (χ4v) is 3.07. The second kappa shape index (κ2) is 6.95. The van der Waals surface area contributed by atoms with Crippen LogP contribution < -0.4 is 10.2 Å². The van der Waals surface area contributed by atoms with Crippen molar-refractivity contribution in [3.8, 4) is 0 Å². The van der Waals surface area contributed by atoms with Crippen LogP contribution in [0.1, 0.15) is 16.7 Å². The van der Waals surface area contributed by atoms with Gasteiger partial charge in [-0.05, 0) is 55.7 Å². The molecule has 1 aliphatic rings. The molecule has 0 saturated carbocycles. The Bertz CT molecular complexity index is 733. The standard InChI is InChI=1S/C20H25N3O/c1-15-6-4-8-18(14-15)22-10-12-23(13-11-22)20(24)21-19-9-5-7-16(2)17(19)3/h4-9,14H,10-13H2,1-3H3,(H,21,24). The summed E-state index contributed by atoms with van der Waals surface area (Å²) >= 11 is 0. The molecule has 24 heavy (non-hydrogen) atoms. The van der Waals surface area contributed by atoms with Crippen LogP contribution in [-0.2, 0) is 0 Å². The van der Waals surface area contributed by atoms with Gasteiger partial charge in [-0.1, -0.05) is 24.3 Å². The molecule has 0 spiro atoms. The van der Waals surface area contributed by atoms with E-state index in [0.717, 1.165) is 37.4 Å². The van der Waals surface area contributed by atoms with E-state index >= 15 is 0 Å². The molecule has 1 heterocycles. The zero-order valence-electron chi connectivity index (χ0n) is 14.7. The van der Waals surface area contributed by atoms with Crippen molar-refractivity contribution in [3.63, 3.8) is 0 Å². The zero-order valence-corrected chi connectivity index (χ0v) is 14.7. The number of piperazine rings is 1. The first-order valence-electron chi connectivity index (χ1n) is 8.48. The molecule has 2 amide bonds. The van der Waals surface area contributed by atoms with Crippen molar-refractivity contribution in [2.24, 2.45) is 0 Å². The second-order valence-corrected chi connectivity index (χ2v) is 6.49. The highest BCUT2D eigenvalue weighted by molar-refractivity contribution is 5.90. The lowest BCUT2D eigenvalue weighted by molar-refractivity contribution is 0.208. The topological polar surface area (TPSA) is 35.6 Å². The Morgan fingerprint density at radius 3 is 2.38 bits per heavy atom. The van der Waals surface area contributed by atoms with Gasteiger partial charge in [-0.3, -0.25) is 0 Å². The Kier molecular flexibility index (Phi) is 4.74. The molecule has 1 fully saturated rings. The molecule has 0 aliphatic carbocycles. The number of rotatable bonds is 2. The van der Waals surface area contributed by atoms with Gasteiger partial charge in [0.25, 0.3) is 0 Å². The summed E-state index contributed by atoms with van der Waals surface area (Å²) in [5, 5.41) is 3.05. The molecule has 2 aromatic rings. The number of anilines is 2. The average Bonchev–Trinajstić information content (AvgIpc) is 2.59. The number of nitrogens with one attached hydrogen (secondary N) is 1. The van der Waals surface area contributed by atoms with Gasteiger partial charge in [0.05, 0.1) is 0 Å². The van der Waals surface area contributed by atoms with Gasteiger partial charge in [0.15, 0.2) is 0 Å². The van der Waals surface area contributed by atoms with Crippen molar-refractivity contribution in [2.45, 2.75) is 20.8 Å². The normalized spacial score (nSPS) is 14.6. The van der Waals surface area contributed by atoms with Crippen LogP contribution in [0.15, 0.2) is 42.5 Å². The molecule has 2 aromatic carbocycles. The smallest absolute Gasteiger partial charge is 0.321 e. The maximum atomic E-state index is 12.5. The summed E-state index contributed by atoms with van der Waals surface area (Å²) in [6.45, 7) is 9.42. The SMILES string of the molecule is Cc1cccc(N2CCN(C(=O)Nc3cccc(C)c3C)CC2)c1. The number of urea groups is 1. The molecule has 4 nitrogen and oxygen atoms in total. The van der Waals surface area contributed by atoms with Crippen molar-refractivity contribution < 1.29 is 4.79 Å². The van der Waals surface area contributed by atoms with E-state index in [0.29, 0.717) is 0 Å². The molecule has 1 aliphatic heterocycles. The highest BCUT2D eigenvalue weighted by Gasteiger charge is 2.21. The first-order chi connectivity index (χ1) is 11.5. The van der Waals surface area contributed by atoms with Gasteiger partial charge in [-0.2, -0.15) is 0 Å². The minimum atomic E-state index is -0.00686. The van der Waals surface area contributed by atoms with Gasteiger partial charge >= 0.3 is 6.03 Å². The minimum absolute atomic E-state index is 0.00686. The average molecular weight is 323 g/mol. The predicted octanol–water partition coefficient (Wildman–Crippen LogP) is 3.97. The van der Waals surface area contributed by atoms with Gasteiger partial charge in [0, 0.05) is 37.6 Å². The molecule has 0 aromatic heterocycles. The number of benzene rings is 2. The molecule has 3 rings (SSSR count). The van der Waals surface area contributed by atoms with Gasteiger partial charge in [-0.15, -0.1) is 0 Å². The molecule has 0 bridgehead atoms. The van der Waals surface area contributed by atoms with Crippen LogP contribution in [0.5, 0.6) is 0 Å². The quantitative estimate of drug-likeness (QED) is 0.908. The molecule has 0 unspecified atom stereocenters. The van der Waals surface area contributed by atoms with Crippen molar-refractivity contribution >= 4 is 17.4 Å². The number of hydrogen-bond donors (Lipinski definition) is 1. The highest BCUT2D eigenvalue weighted by Crippen LogP contribution is 2.20. The third kappa shape index (κ3) is 3.53. The number of amides is 2. The van der Waals surface area contributed by atoms with E-state index in [-0.39, 0.29) is 6.03 Å². The Morgan fingerprint density at radius 1 is 0.958 bits per heavy atom. The fraction of sp³-hybridized carbons (Fsp3) is 0.350. The molecular formula is C20H25N3O. The molecule has 126 valence electrons. The lowest BCUT2D eigenvalue weighted by Crippen LogP contribution is -2.50. The number of carbonyl (C=O) groups excluding carboxylic acids is 1. The van der Waals surface area contributed by atoms with E-state index in [9.17, 15) is 4.79 Å². The maximum absolute atomic E-state index is 12.5. The Balaban J connectivity index is 1.60. The molecule has 4 heteroatoms. The maximum Gasteiger partial charge on any atom is 0.321 e. The summed E-state index contributed by atoms with van der Waals surface area (Å²) in [5.41, 5.74) is 5.73. The summed E-state index contributed by atoms with van der Waals surface area (Å²) in [5.74, 6) is 0. The predicted molar refractivity (Wildman–Crippen MR) is 99.9 cm³/mol. The Morgan fingerprint density at radius 2 is 1.67 bits per heavy atom. The zero-order chi connectivity index (χ0) is 17.1. The van der Waals surface area contributed by atoms with Gasteiger partial charge < -0.3 is 15.1 Å². The molecule has 1 saturated heterocycles. The first kappa shape index (κ1) is 16.4. The molecular weight excluding hydrogens is 298 g/mol. The van der Waals surface area contributed by atoms with Crippen LogP contribution in [0.2, 0.25) is 0 Å². The number of carbonyl (C=O) groups is 1. The summed E-state index contributed by atoms with van der Waals surface area (Å²) in [6.07, 6.45) is 0. The summed E-state index contributed by atoms with van der Waals surface area (Å²) in [7, 11) is 0. The third-order valence-electron chi connectivity index (χ3n) is 4.78. The molecule has 1 N–H and O–H groups in total. The van der Waals surface area contributed by atoms with Crippen LogP contribution in [0, 0.1) is 20.8 Å². The van der Waals surface area contributed by atoms with E-state index in [2.05, 4.69) is 54.4 Å². The fourth-order valence-electron chi connectivity index (χ4n) is 3.07. The van der Waals surface area contributed by atoms with Gasteiger partial charge in [0.2, 0.25) is 0 Å². The van der Waals surface area contributed by atoms with Crippen molar-refractivity contribution in [1.82, 2.24) is 4.90 Å². The summed E-state index contributed by atoms with van der Waals surface area (Å²) in [6, 6.07) is 14.5. The van der Waals surface area contributed by atoms with Crippen molar-refractivity contribution in [3.05, 3.63) is 59.2 Å². The third-order valence-corrected chi connectivity index (χ3v) is 4.78. The van der Waals surface area contributed by atoms with E-state index in [1.54, 1.807) is 0 Å². The van der Waals surface area contributed by atoms with E-state index in [1.165, 1.54) is 16.8 Å². The van der Waals surface area contributed by atoms with Crippen LogP contribution in [0.3, 0.4) is 0 Å². The molecule has 0 atom stereocenters. The summed E-state index contributed by atoms with van der Waals surface area (Å²) < 4.78 is 0. The largest absolute Gasteiger partial charge is 0.368 e. The molecule has 0 radical (unpaired) electrons. The lowest BCUT2D eigenvalue weighted by atomic mass is 10.1. The van der Waals surface area contributed by atoms with Gasteiger partial charge in [-0.25, -0.2) is 4.79 Å². The number of nitrogens with zero attached hydrogens (tertiary/aromatic N) is 2. The van der Waals surface area contributed by atoms with Crippen LogP contribution in [0.4, 0.5) is 16.2 Å². The Hall–Kier alpha value is -2.49. The van der Waals surface area contributed by atoms with Crippen LogP contribution in [-0.4, -0.2) is 37.1 Å². The number of hydrogen-bond acceptors (Lipinski definition) is 2. The van der Waals surface area contributed by atoms with Crippen LogP contribution >= 0.6 is 0 Å². The van der Waals surface area contributed by atoms with E-state index in [4.69, 9.17) is 0 Å². The lowest BCUT2D eigenvalue weighted by Gasteiger charge is -2.36. The Labute approximate surface area is 144 Å². The summed E-state index contributed by atoms with van der Waals surface area (Å²) in [4.78, 5) is 16.8. The van der Waals surface area contributed by atoms with Gasteiger partial charge in [0.1, 0.15) is 0 Å². The first-order valence-corrected chi connectivity index (χ1v) is 8.48. The van der Waals surface area contributed by atoms with E-state index in [1.807, 2.05) is 24.0 Å². The van der Waals surface area contributed by atoms with Crippen LogP contribution in [0.25, 0.3) is 0 Å². The second-order valence-electron chi connectivity index (χ2n) is 6.49. The number of aryl methyl sites for hydroxylation is 2. The van der Waals surface area contributed by atoms with Crippen molar-refractivity contribution in [2.75, 3.05) is 36.4 Å². The highest BCUT2D eigenvalue weighted by atomic mass is 16.2. The van der Waals surface area contributed by atoms with E-state index < -0.39 is 0 Å². The monoisotopic (exact) mass is 323 g/mol. The van der Waals surface area contributed by atoms with Crippen molar-refractivity contribution in [1.29, 1.82) is 0 Å².